The molecule has 0 unspecified atom stereocenters. The number of hydrogen-bond acceptors (Lipinski definition) is 5. The lowest BCUT2D eigenvalue weighted by Crippen LogP contribution is -2.44. The molecule has 1 aliphatic heterocycles. The lowest BCUT2D eigenvalue weighted by molar-refractivity contribution is 0.114. The number of hydrogen-bond donors (Lipinski definition) is 0. The third kappa shape index (κ3) is 4.72. The number of ether oxygens (including phenoxy) is 1. The molecule has 0 amide bonds. The summed E-state index contributed by atoms with van der Waals surface area (Å²) < 4.78 is 14.5. The molecule has 1 atom stereocenters. The number of pyridine rings is 1. The molecule has 0 N–H and O–H groups in total. The van der Waals surface area contributed by atoms with Gasteiger partial charge < -0.3 is 14.1 Å². The van der Waals surface area contributed by atoms with Gasteiger partial charge in [0.1, 0.15) is 5.15 Å². The highest BCUT2D eigenvalue weighted by Crippen LogP contribution is 2.44. The van der Waals surface area contributed by atoms with Gasteiger partial charge in [0.2, 0.25) is 0 Å². The van der Waals surface area contributed by atoms with Crippen LogP contribution in [0.2, 0.25) is 23.3 Å². The molecule has 0 aromatic carbocycles. The van der Waals surface area contributed by atoms with Crippen LogP contribution in [0.3, 0.4) is 0 Å². The summed E-state index contributed by atoms with van der Waals surface area (Å²) >= 11 is 6.32. The van der Waals surface area contributed by atoms with Crippen LogP contribution in [0.15, 0.2) is 12.3 Å². The Morgan fingerprint density at radius 2 is 1.97 bits per heavy atom. The van der Waals surface area contributed by atoms with Gasteiger partial charge >= 0.3 is 0 Å². The second kappa shape index (κ2) is 8.89. The van der Waals surface area contributed by atoms with Crippen LogP contribution in [0.4, 0.5) is 5.82 Å². The number of rotatable bonds is 7. The Labute approximate surface area is 198 Å². The summed E-state index contributed by atoms with van der Waals surface area (Å²) in [6.07, 6.45) is 8.06. The maximum atomic E-state index is 6.76. The smallest absolute Gasteiger partial charge is 0.192 e. The molecule has 8 heteroatoms. The van der Waals surface area contributed by atoms with E-state index in [1.807, 2.05) is 12.3 Å². The Bertz CT molecular complexity index is 949. The zero-order valence-electron chi connectivity index (χ0n) is 20.6. The minimum atomic E-state index is -1.81. The van der Waals surface area contributed by atoms with E-state index < -0.39 is 8.32 Å². The number of methoxy groups -OCH3 is 1. The van der Waals surface area contributed by atoms with E-state index in [-0.39, 0.29) is 16.6 Å². The molecule has 2 aromatic heterocycles. The van der Waals surface area contributed by atoms with Gasteiger partial charge in [-0.2, -0.15) is 5.10 Å². The maximum Gasteiger partial charge on any atom is 0.192 e. The van der Waals surface area contributed by atoms with Crippen molar-refractivity contribution in [3.63, 3.8) is 0 Å². The fraction of sp³-hybridized carbons (Fsp3) is 0.750. The van der Waals surface area contributed by atoms with Crippen molar-refractivity contribution in [3.8, 4) is 0 Å². The molecule has 2 aromatic rings. The topological polar surface area (TPSA) is 52.4 Å². The van der Waals surface area contributed by atoms with E-state index in [1.54, 1.807) is 7.11 Å². The van der Waals surface area contributed by atoms with Gasteiger partial charge in [-0.1, -0.05) is 45.2 Å². The predicted octanol–water partition coefficient (Wildman–Crippen LogP) is 5.89. The van der Waals surface area contributed by atoms with E-state index in [0.717, 1.165) is 49.4 Å². The maximum absolute atomic E-state index is 6.76. The molecule has 3 heterocycles. The van der Waals surface area contributed by atoms with Gasteiger partial charge in [-0.3, -0.25) is 4.68 Å². The molecule has 4 rings (SSSR count). The summed E-state index contributed by atoms with van der Waals surface area (Å²) in [7, 11) is -0.0200. The molecule has 1 saturated carbocycles. The highest BCUT2D eigenvalue weighted by molar-refractivity contribution is 6.74. The van der Waals surface area contributed by atoms with E-state index in [9.17, 15) is 0 Å². The van der Waals surface area contributed by atoms with Crippen LogP contribution in [0.25, 0.3) is 10.9 Å². The Balaban J connectivity index is 1.64. The van der Waals surface area contributed by atoms with E-state index in [1.165, 1.54) is 25.7 Å². The van der Waals surface area contributed by atoms with Crippen LogP contribution in [0.1, 0.15) is 52.9 Å². The summed E-state index contributed by atoms with van der Waals surface area (Å²) in [6, 6.07) is 1.97. The second-order valence-electron chi connectivity index (χ2n) is 11.4. The van der Waals surface area contributed by atoms with Crippen molar-refractivity contribution in [1.82, 2.24) is 14.8 Å². The van der Waals surface area contributed by atoms with Crippen LogP contribution in [0.5, 0.6) is 0 Å². The van der Waals surface area contributed by atoms with Gasteiger partial charge in [-0.25, -0.2) is 4.98 Å². The summed E-state index contributed by atoms with van der Waals surface area (Å²) in [5.41, 5.74) is 1.20. The average molecular weight is 479 g/mol. The Hall–Kier alpha value is -1.15. The monoisotopic (exact) mass is 478 g/mol. The van der Waals surface area contributed by atoms with Crippen molar-refractivity contribution in [3.05, 3.63) is 17.4 Å². The lowest BCUT2D eigenvalue weighted by Gasteiger charge is -2.40. The normalized spacial score (nSPS) is 21.7. The first-order chi connectivity index (χ1) is 15.0. The van der Waals surface area contributed by atoms with E-state index >= 15 is 0 Å². The molecule has 0 spiro atoms. The van der Waals surface area contributed by atoms with E-state index in [0.29, 0.717) is 5.15 Å². The molecule has 2 fully saturated rings. The van der Waals surface area contributed by atoms with Crippen molar-refractivity contribution in [1.29, 1.82) is 0 Å². The number of nitrogens with zero attached hydrogens (tertiary/aromatic N) is 4. The van der Waals surface area contributed by atoms with Gasteiger partial charge in [0, 0.05) is 51.0 Å². The number of aromatic nitrogens is 3. The minimum Gasteiger partial charge on any atom is -0.416 e. The molecular weight excluding hydrogens is 440 g/mol. The van der Waals surface area contributed by atoms with Crippen molar-refractivity contribution in [2.45, 2.75) is 83.7 Å². The molecule has 1 aliphatic carbocycles. The SMILES string of the molecule is CO[C@H]1CCN(c2nn(CC3(CO[Si](C)(C)C(C)(C)C)CCCC3)c3cc(Cl)ncc23)C1. The van der Waals surface area contributed by atoms with Gasteiger partial charge in [0.15, 0.2) is 14.1 Å². The number of halogens is 1. The predicted molar refractivity (Wildman–Crippen MR) is 134 cm³/mol. The molecule has 6 nitrogen and oxygen atoms in total. The number of fused-ring (bicyclic) bond motifs is 1. The highest BCUT2D eigenvalue weighted by atomic mass is 35.5. The van der Waals surface area contributed by atoms with Gasteiger partial charge in [0.05, 0.1) is 17.0 Å². The number of anilines is 1. The van der Waals surface area contributed by atoms with Gasteiger partial charge in [-0.05, 0) is 37.4 Å². The molecule has 0 bridgehead atoms. The summed E-state index contributed by atoms with van der Waals surface area (Å²) in [5.74, 6) is 1.00. The van der Waals surface area contributed by atoms with Crippen molar-refractivity contribution >= 4 is 36.6 Å². The van der Waals surface area contributed by atoms with Crippen LogP contribution in [-0.2, 0) is 15.7 Å². The molecule has 178 valence electrons. The lowest BCUT2D eigenvalue weighted by atomic mass is 9.87. The third-order valence-corrected chi connectivity index (χ3v) is 12.7. The molecular formula is C24H39ClN4O2Si. The Morgan fingerprint density at radius 1 is 1.25 bits per heavy atom. The zero-order chi connectivity index (χ0) is 23.1. The van der Waals surface area contributed by atoms with Gasteiger partial charge in [0.25, 0.3) is 0 Å². The second-order valence-corrected chi connectivity index (χ2v) is 16.6. The molecule has 1 saturated heterocycles. The molecule has 0 radical (unpaired) electrons. The van der Waals surface area contributed by atoms with Crippen molar-refractivity contribution < 1.29 is 9.16 Å². The average Bonchev–Trinajstić information content (AvgIpc) is 3.45. The minimum absolute atomic E-state index is 0.127. The van der Waals surface area contributed by atoms with Crippen LogP contribution in [-0.4, -0.2) is 56.0 Å². The first kappa shape index (κ1) is 24.0. The van der Waals surface area contributed by atoms with E-state index in [2.05, 4.69) is 48.4 Å². The van der Waals surface area contributed by atoms with Crippen LogP contribution in [0, 0.1) is 5.41 Å². The highest BCUT2D eigenvalue weighted by Gasteiger charge is 2.42. The third-order valence-electron chi connectivity index (χ3n) is 8.06. The first-order valence-corrected chi connectivity index (χ1v) is 15.3. The zero-order valence-corrected chi connectivity index (χ0v) is 22.3. The van der Waals surface area contributed by atoms with Crippen LogP contribution >= 0.6 is 11.6 Å². The van der Waals surface area contributed by atoms with Crippen molar-refractivity contribution in [2.75, 3.05) is 31.7 Å². The first-order valence-electron chi connectivity index (χ1n) is 12.0. The Morgan fingerprint density at radius 3 is 2.59 bits per heavy atom. The fourth-order valence-electron chi connectivity index (χ4n) is 4.84. The molecule has 2 aliphatic rings. The summed E-state index contributed by atoms with van der Waals surface area (Å²) in [4.78, 5) is 6.70. The van der Waals surface area contributed by atoms with E-state index in [4.69, 9.17) is 25.9 Å². The standard InChI is InChI=1S/C24H39ClN4O2Si/c1-23(2,3)32(5,6)31-17-24(10-7-8-11-24)16-29-20-13-21(25)26-14-19(20)22(27-29)28-12-9-18(15-28)30-4/h13-14,18H,7-12,15-17H2,1-6H3/t18-/m0/s1. The summed E-state index contributed by atoms with van der Waals surface area (Å²) in [5, 5.41) is 6.93. The quantitative estimate of drug-likeness (QED) is 0.366. The fourth-order valence-corrected chi connectivity index (χ4v) is 6.09. The Kier molecular flexibility index (Phi) is 6.67. The molecule has 32 heavy (non-hydrogen) atoms. The van der Waals surface area contributed by atoms with Crippen molar-refractivity contribution in [2.24, 2.45) is 5.41 Å². The van der Waals surface area contributed by atoms with Crippen LogP contribution < -0.4 is 4.90 Å². The van der Waals surface area contributed by atoms with Gasteiger partial charge in [-0.15, -0.1) is 0 Å². The summed E-state index contributed by atoms with van der Waals surface area (Å²) in [6.45, 7) is 15.1. The largest absolute Gasteiger partial charge is 0.416 e.